The van der Waals surface area contributed by atoms with E-state index in [2.05, 4.69) is 0 Å². The fraction of sp³-hybridized carbons (Fsp3) is 0. The Morgan fingerprint density at radius 3 is 1.12 bits per heavy atom. The summed E-state index contributed by atoms with van der Waals surface area (Å²) in [6.45, 7) is 0. The minimum Gasteiger partial charge on any atom is -0.539 e. The van der Waals surface area contributed by atoms with Crippen molar-refractivity contribution in [3.8, 4) is 39.1 Å². The Morgan fingerprint density at radius 1 is 0.485 bits per heavy atom. The molecule has 0 amide bonds. The average Bonchev–Trinajstić information content (AvgIpc) is 2.84. The van der Waals surface area contributed by atoms with Crippen LogP contribution in [0.25, 0.3) is 33.4 Å². The molecule has 0 bridgehead atoms. The van der Waals surface area contributed by atoms with E-state index in [-0.39, 0.29) is 0 Å². The quantitative estimate of drug-likeness (QED) is 0.272. The van der Waals surface area contributed by atoms with Gasteiger partial charge in [0.25, 0.3) is 0 Å². The van der Waals surface area contributed by atoms with Crippen molar-refractivity contribution in [3.63, 3.8) is 0 Å². The zero-order valence-electron chi connectivity index (χ0n) is 17.7. The molecule has 0 aliphatic rings. The Kier molecular flexibility index (Phi) is 6.98. The highest BCUT2D eigenvalue weighted by Crippen LogP contribution is 2.33. The van der Waals surface area contributed by atoms with Gasteiger partial charge in [-0.05, 0) is 74.6 Å². The van der Waals surface area contributed by atoms with E-state index in [4.69, 9.17) is 9.68 Å². The molecule has 6 nitrogen and oxygen atoms in total. The van der Waals surface area contributed by atoms with Gasteiger partial charge in [0.05, 0.1) is 0 Å². The SMILES string of the molecule is OBOc1ccc(-c2cc(-c3ccc(B(O)O)cc3)cc(-c3ccc(B(O)O)cc3)c2)cc1. The lowest BCUT2D eigenvalue weighted by Crippen LogP contribution is -2.29. The van der Waals surface area contributed by atoms with E-state index in [0.717, 1.165) is 33.4 Å². The third kappa shape index (κ3) is 5.36. The molecule has 0 heterocycles. The van der Waals surface area contributed by atoms with Crippen molar-refractivity contribution in [2.75, 3.05) is 0 Å². The highest BCUT2D eigenvalue weighted by atomic mass is 16.5. The van der Waals surface area contributed by atoms with Crippen molar-refractivity contribution in [2.45, 2.75) is 0 Å². The summed E-state index contributed by atoms with van der Waals surface area (Å²) in [7, 11) is -3.45. The fourth-order valence-electron chi connectivity index (χ4n) is 3.64. The molecular weight excluding hydrogens is 417 g/mol. The number of rotatable bonds is 7. The molecule has 0 unspecified atom stereocenters. The normalized spacial score (nSPS) is 10.6. The maximum atomic E-state index is 9.39. The van der Waals surface area contributed by atoms with Crippen LogP contribution in [0.3, 0.4) is 0 Å². The van der Waals surface area contributed by atoms with Gasteiger partial charge in [-0.15, -0.1) is 0 Å². The van der Waals surface area contributed by atoms with E-state index in [1.54, 1.807) is 36.4 Å². The Bertz CT molecular complexity index is 1140. The molecule has 0 saturated carbocycles. The molecule has 162 valence electrons. The number of benzene rings is 4. The number of hydrogen-bond donors (Lipinski definition) is 5. The molecule has 4 aromatic carbocycles. The largest absolute Gasteiger partial charge is 0.539 e. The number of hydrogen-bond acceptors (Lipinski definition) is 6. The van der Waals surface area contributed by atoms with E-state index in [9.17, 15) is 20.1 Å². The van der Waals surface area contributed by atoms with Crippen LogP contribution in [0.5, 0.6) is 5.75 Å². The van der Waals surface area contributed by atoms with Crippen molar-refractivity contribution in [3.05, 3.63) is 91.0 Å². The van der Waals surface area contributed by atoms with Crippen molar-refractivity contribution in [1.29, 1.82) is 0 Å². The molecule has 0 atom stereocenters. The lowest BCUT2D eigenvalue weighted by atomic mass is 9.79. The molecule has 0 aliphatic heterocycles. The van der Waals surface area contributed by atoms with Gasteiger partial charge in [0.15, 0.2) is 0 Å². The monoisotopic (exact) mass is 438 g/mol. The van der Waals surface area contributed by atoms with Crippen molar-refractivity contribution in [2.24, 2.45) is 0 Å². The summed E-state index contributed by atoms with van der Waals surface area (Å²) in [5.41, 5.74) is 6.41. The van der Waals surface area contributed by atoms with Gasteiger partial charge in [0.2, 0.25) is 0 Å². The summed E-state index contributed by atoms with van der Waals surface area (Å²) in [5, 5.41) is 46.5. The van der Waals surface area contributed by atoms with Crippen LogP contribution in [0.15, 0.2) is 91.0 Å². The summed E-state index contributed by atoms with van der Waals surface area (Å²) < 4.78 is 5.12. The molecule has 0 radical (unpaired) electrons. The molecular formula is C24H21B3O6. The highest BCUT2D eigenvalue weighted by molar-refractivity contribution is 6.59. The summed E-state index contributed by atoms with van der Waals surface area (Å²) in [6, 6.07) is 27.5. The topological polar surface area (TPSA) is 110 Å². The van der Waals surface area contributed by atoms with Crippen LogP contribution in [0.1, 0.15) is 0 Å². The van der Waals surface area contributed by atoms with Crippen LogP contribution in [0.4, 0.5) is 0 Å². The van der Waals surface area contributed by atoms with E-state index < -0.39 is 21.9 Å². The zero-order valence-corrected chi connectivity index (χ0v) is 17.7. The molecule has 0 spiro atoms. The maximum absolute atomic E-state index is 9.39. The molecule has 5 N–H and O–H groups in total. The minimum atomic E-state index is -1.53. The predicted octanol–water partition coefficient (Wildman–Crippen LogP) is 0.685. The van der Waals surface area contributed by atoms with E-state index in [1.165, 1.54) is 0 Å². The van der Waals surface area contributed by atoms with Gasteiger partial charge < -0.3 is 29.8 Å². The van der Waals surface area contributed by atoms with Gasteiger partial charge in [-0.25, -0.2) is 0 Å². The van der Waals surface area contributed by atoms with Crippen LogP contribution in [-0.4, -0.2) is 47.0 Å². The van der Waals surface area contributed by atoms with Gasteiger partial charge >= 0.3 is 21.9 Å². The standard InChI is InChI=1S/C24H21B3O6/c28-25-33-24-11-5-18(6-12-24)21-14-19(16-1-7-22(8-2-16)26(29)30)13-20(15-21)17-3-9-23(10-4-17)27(31)32/h1-15,25,28-32H. The third-order valence-electron chi connectivity index (χ3n) is 5.44. The molecule has 0 aromatic heterocycles. The molecule has 0 aliphatic carbocycles. The summed E-state index contributed by atoms with van der Waals surface area (Å²) >= 11 is 0. The predicted molar refractivity (Wildman–Crippen MR) is 132 cm³/mol. The van der Waals surface area contributed by atoms with E-state index in [1.807, 2.05) is 54.6 Å². The van der Waals surface area contributed by atoms with Gasteiger partial charge in [-0.2, -0.15) is 0 Å². The summed E-state index contributed by atoms with van der Waals surface area (Å²) in [4.78, 5) is 0. The van der Waals surface area contributed by atoms with Gasteiger partial charge in [-0.1, -0.05) is 60.7 Å². The first-order valence-corrected chi connectivity index (χ1v) is 10.4. The molecule has 33 heavy (non-hydrogen) atoms. The summed E-state index contributed by atoms with van der Waals surface area (Å²) in [6.07, 6.45) is 0. The first-order valence-electron chi connectivity index (χ1n) is 10.4. The third-order valence-corrected chi connectivity index (χ3v) is 5.44. The summed E-state index contributed by atoms with van der Waals surface area (Å²) in [5.74, 6) is 0.564. The molecule has 0 fully saturated rings. The second kappa shape index (κ2) is 10.1. The Morgan fingerprint density at radius 2 is 0.818 bits per heavy atom. The zero-order chi connectivity index (χ0) is 23.4. The molecule has 0 saturated heterocycles. The smallest absolute Gasteiger partial charge is 0.504 e. The molecule has 9 heteroatoms. The fourth-order valence-corrected chi connectivity index (χ4v) is 3.64. The Hall–Kier alpha value is -3.33. The molecule has 4 aromatic rings. The Balaban J connectivity index is 1.80. The lowest BCUT2D eigenvalue weighted by molar-refractivity contribution is 0.424. The van der Waals surface area contributed by atoms with Crippen LogP contribution in [0, 0.1) is 0 Å². The van der Waals surface area contributed by atoms with Gasteiger partial charge in [0, 0.05) is 0 Å². The van der Waals surface area contributed by atoms with Crippen molar-refractivity contribution >= 4 is 32.8 Å². The second-order valence-electron chi connectivity index (χ2n) is 7.59. The van der Waals surface area contributed by atoms with Crippen LogP contribution >= 0.6 is 0 Å². The average molecular weight is 438 g/mol. The first kappa shape index (κ1) is 22.9. The molecule has 4 rings (SSSR count). The van der Waals surface area contributed by atoms with Crippen LogP contribution < -0.4 is 15.6 Å². The van der Waals surface area contributed by atoms with Gasteiger partial charge in [0.1, 0.15) is 5.75 Å². The van der Waals surface area contributed by atoms with Crippen molar-refractivity contribution in [1.82, 2.24) is 0 Å². The van der Waals surface area contributed by atoms with Gasteiger partial charge in [-0.3, -0.25) is 0 Å². The Labute approximate surface area is 193 Å². The van der Waals surface area contributed by atoms with Crippen LogP contribution in [0.2, 0.25) is 0 Å². The van der Waals surface area contributed by atoms with Crippen molar-refractivity contribution < 1.29 is 29.8 Å². The van der Waals surface area contributed by atoms with E-state index in [0.29, 0.717) is 16.7 Å². The first-order chi connectivity index (χ1) is 15.9. The second-order valence-corrected chi connectivity index (χ2v) is 7.59. The highest BCUT2D eigenvalue weighted by Gasteiger charge is 2.13. The lowest BCUT2D eigenvalue weighted by Gasteiger charge is -2.13. The minimum absolute atomic E-state index is 0.393. The van der Waals surface area contributed by atoms with E-state index >= 15 is 0 Å². The maximum Gasteiger partial charge on any atom is 0.504 e. The van der Waals surface area contributed by atoms with Crippen LogP contribution in [-0.2, 0) is 0 Å².